The molecule has 2 rings (SSSR count). The predicted molar refractivity (Wildman–Crippen MR) is 76.0 cm³/mol. The summed E-state index contributed by atoms with van der Waals surface area (Å²) in [5, 5.41) is 3.81. The summed E-state index contributed by atoms with van der Waals surface area (Å²) in [6.07, 6.45) is -0.326. The SMILES string of the molecule is Cc1cc(CC(=O)COC(=O)Cc2c(F)cccc2Cl)no1. The van der Waals surface area contributed by atoms with Crippen molar-refractivity contribution in [3.05, 3.63) is 52.1 Å². The van der Waals surface area contributed by atoms with Gasteiger partial charge < -0.3 is 9.26 Å². The van der Waals surface area contributed by atoms with E-state index in [4.69, 9.17) is 20.9 Å². The molecule has 0 spiro atoms. The van der Waals surface area contributed by atoms with E-state index in [1.165, 1.54) is 18.2 Å². The Morgan fingerprint density at radius 2 is 2.14 bits per heavy atom. The second-order valence-electron chi connectivity index (χ2n) is 4.68. The third-order valence-corrected chi connectivity index (χ3v) is 3.19. The molecule has 0 saturated heterocycles. The van der Waals surface area contributed by atoms with Gasteiger partial charge in [-0.25, -0.2) is 4.39 Å². The predicted octanol–water partition coefficient (Wildman–Crippen LogP) is 2.67. The number of halogens is 2. The molecule has 1 aromatic carbocycles. The number of aryl methyl sites for hydroxylation is 1. The van der Waals surface area contributed by atoms with Crippen molar-refractivity contribution in [2.45, 2.75) is 19.8 Å². The number of nitrogens with zero attached hydrogens (tertiary/aromatic N) is 1. The number of hydrogen-bond donors (Lipinski definition) is 0. The summed E-state index contributed by atoms with van der Waals surface area (Å²) in [6, 6.07) is 5.74. The molecule has 5 nitrogen and oxygen atoms in total. The molecule has 0 amide bonds. The first kappa shape index (κ1) is 16.2. The van der Waals surface area contributed by atoms with E-state index in [0.29, 0.717) is 11.5 Å². The number of carbonyl (C=O) groups is 2. The van der Waals surface area contributed by atoms with E-state index in [1.54, 1.807) is 13.0 Å². The summed E-state index contributed by atoms with van der Waals surface area (Å²) >= 11 is 5.81. The van der Waals surface area contributed by atoms with Gasteiger partial charge in [0.1, 0.15) is 18.2 Å². The van der Waals surface area contributed by atoms with Crippen molar-refractivity contribution in [3.8, 4) is 0 Å². The van der Waals surface area contributed by atoms with Crippen LogP contribution in [-0.4, -0.2) is 23.5 Å². The Kier molecular flexibility index (Phi) is 5.27. The van der Waals surface area contributed by atoms with Gasteiger partial charge >= 0.3 is 5.97 Å². The lowest BCUT2D eigenvalue weighted by Gasteiger charge is -2.06. The van der Waals surface area contributed by atoms with E-state index in [2.05, 4.69) is 5.16 Å². The maximum Gasteiger partial charge on any atom is 0.310 e. The molecule has 0 aliphatic rings. The first-order chi connectivity index (χ1) is 10.5. The lowest BCUT2D eigenvalue weighted by molar-refractivity contribution is -0.147. The number of Topliss-reactive ketones (excluding diaryl/α,β-unsaturated/α-hetero) is 1. The molecule has 0 N–H and O–H groups in total. The minimum absolute atomic E-state index is 0.00503. The smallest absolute Gasteiger partial charge is 0.310 e. The van der Waals surface area contributed by atoms with Gasteiger partial charge in [0.25, 0.3) is 0 Å². The molecule has 0 saturated carbocycles. The second kappa shape index (κ2) is 7.17. The minimum atomic E-state index is -0.725. The molecule has 0 bridgehead atoms. The van der Waals surface area contributed by atoms with Gasteiger partial charge in [-0.1, -0.05) is 22.8 Å². The molecule has 1 heterocycles. The van der Waals surface area contributed by atoms with Crippen LogP contribution in [0.3, 0.4) is 0 Å². The Balaban J connectivity index is 1.84. The normalized spacial score (nSPS) is 10.5. The summed E-state index contributed by atoms with van der Waals surface area (Å²) in [5.74, 6) is -1.05. The quantitative estimate of drug-likeness (QED) is 0.764. The second-order valence-corrected chi connectivity index (χ2v) is 5.09. The van der Waals surface area contributed by atoms with Crippen molar-refractivity contribution >= 4 is 23.4 Å². The topological polar surface area (TPSA) is 69.4 Å². The third-order valence-electron chi connectivity index (χ3n) is 2.83. The summed E-state index contributed by atoms with van der Waals surface area (Å²) in [6.45, 7) is 1.30. The van der Waals surface area contributed by atoms with Crippen LogP contribution in [0.4, 0.5) is 4.39 Å². The Morgan fingerprint density at radius 3 is 2.77 bits per heavy atom. The standard InChI is InChI=1S/C15H13ClFNO4/c1-9-5-10(18-22-9)6-11(19)8-21-15(20)7-12-13(16)3-2-4-14(12)17/h2-5H,6-8H2,1H3. The van der Waals surface area contributed by atoms with Gasteiger partial charge in [0, 0.05) is 16.7 Å². The van der Waals surface area contributed by atoms with Crippen LogP contribution in [0.1, 0.15) is 17.0 Å². The number of esters is 1. The fraction of sp³-hybridized carbons (Fsp3) is 0.267. The summed E-state index contributed by atoms with van der Waals surface area (Å²) in [5.41, 5.74) is 0.518. The van der Waals surface area contributed by atoms with E-state index in [9.17, 15) is 14.0 Å². The number of hydrogen-bond acceptors (Lipinski definition) is 5. The third kappa shape index (κ3) is 4.39. The summed E-state index contributed by atoms with van der Waals surface area (Å²) in [4.78, 5) is 23.3. The van der Waals surface area contributed by atoms with E-state index in [-0.39, 0.29) is 29.2 Å². The maximum absolute atomic E-state index is 13.5. The Bertz CT molecular complexity index is 678. The van der Waals surface area contributed by atoms with Crippen molar-refractivity contribution in [2.24, 2.45) is 0 Å². The zero-order valence-electron chi connectivity index (χ0n) is 11.8. The van der Waals surface area contributed by atoms with E-state index < -0.39 is 18.4 Å². The molecule has 0 aliphatic heterocycles. The highest BCUT2D eigenvalue weighted by atomic mass is 35.5. The van der Waals surface area contributed by atoms with Gasteiger partial charge in [-0.2, -0.15) is 0 Å². The summed E-state index contributed by atoms with van der Waals surface area (Å²) in [7, 11) is 0. The molecule has 7 heteroatoms. The molecule has 0 radical (unpaired) electrons. The van der Waals surface area contributed by atoms with Crippen LogP contribution in [0.2, 0.25) is 5.02 Å². The lowest BCUT2D eigenvalue weighted by atomic mass is 10.1. The fourth-order valence-electron chi connectivity index (χ4n) is 1.81. The molecule has 1 aromatic heterocycles. The monoisotopic (exact) mass is 325 g/mol. The fourth-order valence-corrected chi connectivity index (χ4v) is 2.04. The maximum atomic E-state index is 13.5. The molecule has 2 aromatic rings. The number of ether oxygens (including phenoxy) is 1. The zero-order valence-corrected chi connectivity index (χ0v) is 12.5. The van der Waals surface area contributed by atoms with Crippen molar-refractivity contribution < 1.29 is 23.2 Å². The Hall–Kier alpha value is -2.21. The molecular weight excluding hydrogens is 313 g/mol. The highest BCUT2D eigenvalue weighted by molar-refractivity contribution is 6.31. The number of benzene rings is 1. The van der Waals surface area contributed by atoms with Crippen molar-refractivity contribution in [1.82, 2.24) is 5.16 Å². The van der Waals surface area contributed by atoms with Gasteiger partial charge in [-0.15, -0.1) is 0 Å². The number of ketones is 1. The zero-order chi connectivity index (χ0) is 16.1. The minimum Gasteiger partial charge on any atom is -0.457 e. The molecule has 0 unspecified atom stereocenters. The number of rotatable bonds is 6. The summed E-state index contributed by atoms with van der Waals surface area (Å²) < 4.78 is 23.2. The van der Waals surface area contributed by atoms with Gasteiger partial charge in [0.05, 0.1) is 18.5 Å². The molecule has 0 aliphatic carbocycles. The van der Waals surface area contributed by atoms with Crippen LogP contribution < -0.4 is 0 Å². The molecule has 0 fully saturated rings. The van der Waals surface area contributed by atoms with Crippen LogP contribution in [0.25, 0.3) is 0 Å². The average Bonchev–Trinajstić information content (AvgIpc) is 2.86. The number of carbonyl (C=O) groups excluding carboxylic acids is 2. The van der Waals surface area contributed by atoms with Crippen LogP contribution in [0.15, 0.2) is 28.8 Å². The van der Waals surface area contributed by atoms with Gasteiger partial charge in [-0.05, 0) is 19.1 Å². The Labute approximate surface area is 131 Å². The van der Waals surface area contributed by atoms with Crippen LogP contribution in [0.5, 0.6) is 0 Å². The molecule has 0 atom stereocenters. The average molecular weight is 326 g/mol. The molecule has 116 valence electrons. The molecular formula is C15H13ClFNO4. The number of aromatic nitrogens is 1. The first-order valence-corrected chi connectivity index (χ1v) is 6.86. The highest BCUT2D eigenvalue weighted by Crippen LogP contribution is 2.19. The van der Waals surface area contributed by atoms with Gasteiger partial charge in [0.15, 0.2) is 5.78 Å². The van der Waals surface area contributed by atoms with E-state index in [0.717, 1.165) is 0 Å². The first-order valence-electron chi connectivity index (χ1n) is 6.48. The Morgan fingerprint density at radius 1 is 1.36 bits per heavy atom. The van der Waals surface area contributed by atoms with Crippen molar-refractivity contribution in [3.63, 3.8) is 0 Å². The lowest BCUT2D eigenvalue weighted by Crippen LogP contribution is -2.17. The van der Waals surface area contributed by atoms with E-state index >= 15 is 0 Å². The van der Waals surface area contributed by atoms with Crippen molar-refractivity contribution in [1.29, 1.82) is 0 Å². The van der Waals surface area contributed by atoms with Gasteiger partial charge in [0.2, 0.25) is 0 Å². The molecule has 22 heavy (non-hydrogen) atoms. The van der Waals surface area contributed by atoms with Crippen LogP contribution in [-0.2, 0) is 27.2 Å². The highest BCUT2D eigenvalue weighted by Gasteiger charge is 2.15. The van der Waals surface area contributed by atoms with Crippen LogP contribution >= 0.6 is 11.6 Å². The van der Waals surface area contributed by atoms with Gasteiger partial charge in [-0.3, -0.25) is 9.59 Å². The largest absolute Gasteiger partial charge is 0.457 e. The van der Waals surface area contributed by atoms with Crippen molar-refractivity contribution in [2.75, 3.05) is 6.61 Å². The van der Waals surface area contributed by atoms with E-state index in [1.807, 2.05) is 0 Å². The van der Waals surface area contributed by atoms with Crippen LogP contribution in [0, 0.1) is 12.7 Å².